The van der Waals surface area contributed by atoms with E-state index >= 15 is 0 Å². The molecule has 0 aliphatic rings. The summed E-state index contributed by atoms with van der Waals surface area (Å²) in [4.78, 5) is 1.23. The number of hydrogen-bond donors (Lipinski definition) is 0. The van der Waals surface area contributed by atoms with E-state index < -0.39 is 9.84 Å². The largest absolute Gasteiger partial charge is 0.266 e. The van der Waals surface area contributed by atoms with Crippen LogP contribution < -0.4 is 0 Å². The highest BCUT2D eigenvalue weighted by Gasteiger charge is 2.11. The SMILES string of the molecule is CS(=O)(=O)c1cnn(Cc2sncc2Br)c1. The topological polar surface area (TPSA) is 64.8 Å². The molecule has 5 nitrogen and oxygen atoms in total. The van der Waals surface area contributed by atoms with Gasteiger partial charge in [-0.3, -0.25) is 4.68 Å². The summed E-state index contributed by atoms with van der Waals surface area (Å²) in [6.45, 7) is 0.515. The summed E-state index contributed by atoms with van der Waals surface area (Å²) >= 11 is 4.71. The lowest BCUT2D eigenvalue weighted by molar-refractivity contribution is 0.601. The zero-order chi connectivity index (χ0) is 11.8. The second kappa shape index (κ2) is 4.27. The fourth-order valence-corrected chi connectivity index (χ4v) is 2.87. The van der Waals surface area contributed by atoms with E-state index in [1.807, 2.05) is 0 Å². The molecule has 2 rings (SSSR count). The van der Waals surface area contributed by atoms with Crippen molar-refractivity contribution in [3.8, 4) is 0 Å². The summed E-state index contributed by atoms with van der Waals surface area (Å²) in [6.07, 6.45) is 5.74. The van der Waals surface area contributed by atoms with Gasteiger partial charge < -0.3 is 0 Å². The first kappa shape index (κ1) is 11.7. The van der Waals surface area contributed by atoms with E-state index in [2.05, 4.69) is 25.4 Å². The smallest absolute Gasteiger partial charge is 0.178 e. The van der Waals surface area contributed by atoms with Crippen molar-refractivity contribution in [1.82, 2.24) is 14.2 Å². The molecule has 86 valence electrons. The van der Waals surface area contributed by atoms with Gasteiger partial charge in [0, 0.05) is 12.5 Å². The lowest BCUT2D eigenvalue weighted by Crippen LogP contribution is -1.99. The average Bonchev–Trinajstić information content (AvgIpc) is 2.76. The molecule has 2 aromatic heterocycles. The van der Waals surface area contributed by atoms with Crippen LogP contribution in [0.3, 0.4) is 0 Å². The van der Waals surface area contributed by atoms with Crippen molar-refractivity contribution in [3.05, 3.63) is 27.9 Å². The van der Waals surface area contributed by atoms with Crippen molar-refractivity contribution in [1.29, 1.82) is 0 Å². The Hall–Kier alpha value is -0.730. The van der Waals surface area contributed by atoms with Crippen molar-refractivity contribution >= 4 is 37.3 Å². The Bertz CT molecular complexity index is 602. The van der Waals surface area contributed by atoms with Gasteiger partial charge in [-0.2, -0.15) is 9.47 Å². The van der Waals surface area contributed by atoms with Crippen LogP contribution in [0.2, 0.25) is 0 Å². The van der Waals surface area contributed by atoms with Crippen LogP contribution in [-0.4, -0.2) is 28.8 Å². The molecule has 2 heterocycles. The lowest BCUT2D eigenvalue weighted by atomic mass is 10.5. The molecule has 0 unspecified atom stereocenters. The number of halogens is 1. The van der Waals surface area contributed by atoms with Gasteiger partial charge in [-0.15, -0.1) is 0 Å². The maximum atomic E-state index is 11.2. The van der Waals surface area contributed by atoms with Crippen LogP contribution in [0, 0.1) is 0 Å². The molecule has 0 bridgehead atoms. The maximum absolute atomic E-state index is 11.2. The van der Waals surface area contributed by atoms with Crippen LogP contribution in [0.15, 0.2) is 28.0 Å². The summed E-state index contributed by atoms with van der Waals surface area (Å²) in [5, 5.41) is 3.99. The Morgan fingerprint density at radius 2 is 2.25 bits per heavy atom. The van der Waals surface area contributed by atoms with Gasteiger partial charge in [0.25, 0.3) is 0 Å². The van der Waals surface area contributed by atoms with Gasteiger partial charge in [-0.05, 0) is 27.5 Å². The number of rotatable bonds is 3. The van der Waals surface area contributed by atoms with Gasteiger partial charge in [0.1, 0.15) is 4.90 Å². The quantitative estimate of drug-likeness (QED) is 0.860. The summed E-state index contributed by atoms with van der Waals surface area (Å²) < 4.78 is 29.0. The fourth-order valence-electron chi connectivity index (χ4n) is 1.13. The molecule has 0 saturated heterocycles. The summed E-state index contributed by atoms with van der Waals surface area (Å²) in [5.41, 5.74) is 0. The molecular weight excluding hydrogens is 314 g/mol. The molecule has 0 aliphatic heterocycles. The highest BCUT2D eigenvalue weighted by atomic mass is 79.9. The highest BCUT2D eigenvalue weighted by Crippen LogP contribution is 2.21. The van der Waals surface area contributed by atoms with E-state index in [1.165, 1.54) is 23.9 Å². The Balaban J connectivity index is 2.25. The minimum atomic E-state index is -3.18. The zero-order valence-corrected chi connectivity index (χ0v) is 11.5. The highest BCUT2D eigenvalue weighted by molar-refractivity contribution is 9.10. The molecule has 0 aromatic carbocycles. The number of aromatic nitrogens is 3. The molecular formula is C8H8BrN3O2S2. The lowest BCUT2D eigenvalue weighted by Gasteiger charge is -1.97. The predicted molar refractivity (Wildman–Crippen MR) is 64.3 cm³/mol. The van der Waals surface area contributed by atoms with Gasteiger partial charge in [0.2, 0.25) is 0 Å². The van der Waals surface area contributed by atoms with Crippen molar-refractivity contribution in [3.63, 3.8) is 0 Å². The first-order valence-corrected chi connectivity index (χ1v) is 7.74. The molecule has 0 atom stereocenters. The molecule has 0 N–H and O–H groups in total. The van der Waals surface area contributed by atoms with Gasteiger partial charge in [-0.25, -0.2) is 8.42 Å². The predicted octanol–water partition coefficient (Wildman–Crippen LogP) is 1.55. The Kier molecular flexibility index (Phi) is 3.13. The van der Waals surface area contributed by atoms with E-state index in [4.69, 9.17) is 0 Å². The van der Waals surface area contributed by atoms with Crippen LogP contribution >= 0.6 is 27.5 Å². The van der Waals surface area contributed by atoms with Crippen LogP contribution in [0.5, 0.6) is 0 Å². The standard InChI is InChI=1S/C8H8BrN3O2S2/c1-16(13,14)6-2-10-12(4-6)5-8-7(9)3-11-15-8/h2-4H,5H2,1H3. The van der Waals surface area contributed by atoms with Gasteiger partial charge >= 0.3 is 0 Å². The van der Waals surface area contributed by atoms with Crippen molar-refractivity contribution < 1.29 is 8.42 Å². The molecule has 2 aromatic rings. The molecule has 0 saturated carbocycles. The normalized spacial score (nSPS) is 11.9. The second-order valence-corrected chi connectivity index (χ2v) is 7.00. The van der Waals surface area contributed by atoms with Gasteiger partial charge in [0.15, 0.2) is 9.84 Å². The first-order valence-electron chi connectivity index (χ1n) is 4.28. The van der Waals surface area contributed by atoms with E-state index in [9.17, 15) is 8.42 Å². The Morgan fingerprint density at radius 3 is 2.75 bits per heavy atom. The van der Waals surface area contributed by atoms with E-state index in [0.717, 1.165) is 15.6 Å². The van der Waals surface area contributed by atoms with Crippen LogP contribution in [-0.2, 0) is 16.4 Å². The summed E-state index contributed by atoms with van der Waals surface area (Å²) in [6, 6.07) is 0. The van der Waals surface area contributed by atoms with E-state index in [-0.39, 0.29) is 4.90 Å². The molecule has 8 heteroatoms. The maximum Gasteiger partial charge on any atom is 0.178 e. The van der Waals surface area contributed by atoms with Crippen LogP contribution in [0.25, 0.3) is 0 Å². The summed E-state index contributed by atoms with van der Waals surface area (Å²) in [5.74, 6) is 0. The van der Waals surface area contributed by atoms with Crippen LogP contribution in [0.4, 0.5) is 0 Å². The average molecular weight is 322 g/mol. The third kappa shape index (κ3) is 2.50. The second-order valence-electron chi connectivity index (χ2n) is 3.24. The minimum Gasteiger partial charge on any atom is -0.266 e. The molecule has 0 radical (unpaired) electrons. The van der Waals surface area contributed by atoms with Crippen molar-refractivity contribution in [2.75, 3.05) is 6.26 Å². The van der Waals surface area contributed by atoms with Crippen molar-refractivity contribution in [2.24, 2.45) is 0 Å². The molecule has 0 aliphatic carbocycles. The first-order chi connectivity index (χ1) is 7.47. The summed E-state index contributed by atoms with van der Waals surface area (Å²) in [7, 11) is -3.18. The molecule has 0 spiro atoms. The van der Waals surface area contributed by atoms with Crippen LogP contribution in [0.1, 0.15) is 4.88 Å². The molecule has 16 heavy (non-hydrogen) atoms. The minimum absolute atomic E-state index is 0.230. The van der Waals surface area contributed by atoms with E-state index in [0.29, 0.717) is 6.54 Å². The van der Waals surface area contributed by atoms with Gasteiger partial charge in [0.05, 0.1) is 28.3 Å². The van der Waals surface area contributed by atoms with Crippen molar-refractivity contribution in [2.45, 2.75) is 11.4 Å². The third-order valence-electron chi connectivity index (χ3n) is 1.94. The van der Waals surface area contributed by atoms with E-state index in [1.54, 1.807) is 10.9 Å². The Morgan fingerprint density at radius 1 is 1.50 bits per heavy atom. The zero-order valence-electron chi connectivity index (χ0n) is 8.29. The number of sulfone groups is 1. The number of hydrogen-bond acceptors (Lipinski definition) is 5. The van der Waals surface area contributed by atoms with Gasteiger partial charge in [-0.1, -0.05) is 0 Å². The number of nitrogens with zero attached hydrogens (tertiary/aromatic N) is 3. The Labute approximate surface area is 105 Å². The molecule has 0 amide bonds. The molecule has 0 fully saturated rings. The monoisotopic (exact) mass is 321 g/mol. The third-order valence-corrected chi connectivity index (χ3v) is 4.73. The fraction of sp³-hybridized carbons (Fsp3) is 0.250.